The van der Waals surface area contributed by atoms with Crippen LogP contribution in [0.3, 0.4) is 0 Å². The molecule has 12 nitrogen and oxygen atoms in total. The van der Waals surface area contributed by atoms with E-state index in [2.05, 4.69) is 103 Å². The minimum absolute atomic E-state index is 0.00992. The van der Waals surface area contributed by atoms with E-state index in [4.69, 9.17) is 24.8 Å². The highest BCUT2D eigenvalue weighted by atomic mass is 31.2. The molecule has 0 amide bonds. The van der Waals surface area contributed by atoms with Crippen molar-refractivity contribution in [3.05, 3.63) is 122 Å². The van der Waals surface area contributed by atoms with Gasteiger partial charge in [0.15, 0.2) is 6.10 Å². The van der Waals surface area contributed by atoms with Gasteiger partial charge in [-0.2, -0.15) is 0 Å². The highest BCUT2D eigenvalue weighted by molar-refractivity contribution is 7.47. The monoisotopic (exact) mass is 871 g/mol. The summed E-state index contributed by atoms with van der Waals surface area (Å²) in [5.74, 6) is -2.60. The number of allylic oxidation sites excluding steroid dienone is 20. The van der Waals surface area contributed by atoms with Gasteiger partial charge in [0.2, 0.25) is 0 Å². The summed E-state index contributed by atoms with van der Waals surface area (Å²) in [4.78, 5) is 45.9. The molecule has 0 heterocycles. The van der Waals surface area contributed by atoms with Crippen LogP contribution in [0.25, 0.3) is 0 Å². The predicted molar refractivity (Wildman–Crippen MR) is 245 cm³/mol. The molecule has 0 rings (SSSR count). The lowest BCUT2D eigenvalue weighted by molar-refractivity contribution is -0.161. The van der Waals surface area contributed by atoms with Gasteiger partial charge in [0.1, 0.15) is 12.6 Å². The number of aliphatic hydroxyl groups excluding tert-OH is 1. The van der Waals surface area contributed by atoms with E-state index in [0.29, 0.717) is 25.7 Å². The molecule has 61 heavy (non-hydrogen) atoms. The molecule has 0 aromatic carbocycles. The summed E-state index contributed by atoms with van der Waals surface area (Å²) < 4.78 is 32.5. The van der Waals surface area contributed by atoms with Crippen LogP contribution in [0, 0.1) is 0 Å². The van der Waals surface area contributed by atoms with E-state index in [9.17, 15) is 28.9 Å². The fourth-order valence-corrected chi connectivity index (χ4v) is 5.64. The summed E-state index contributed by atoms with van der Waals surface area (Å²) in [7, 11) is -4.77. The number of carboxylic acid groups (broad SMARTS) is 1. The van der Waals surface area contributed by atoms with Crippen molar-refractivity contribution in [2.45, 2.75) is 141 Å². The van der Waals surface area contributed by atoms with Crippen LogP contribution in [-0.4, -0.2) is 71.1 Å². The normalized spacial score (nSPS) is 15.4. The Labute approximate surface area is 365 Å². The highest BCUT2D eigenvalue weighted by Crippen LogP contribution is 2.43. The molecule has 1 unspecified atom stereocenters. The third-order valence-electron chi connectivity index (χ3n) is 8.23. The Hall–Kier alpha value is -4.16. The second-order valence-electron chi connectivity index (χ2n) is 14.0. The molecule has 0 fully saturated rings. The summed E-state index contributed by atoms with van der Waals surface area (Å²) in [5.41, 5.74) is 5.32. The van der Waals surface area contributed by atoms with Crippen LogP contribution in [0.15, 0.2) is 122 Å². The second-order valence-corrected chi connectivity index (χ2v) is 15.5. The molecule has 0 aliphatic heterocycles. The molecule has 342 valence electrons. The molecule has 0 aromatic heterocycles. The maximum absolute atomic E-state index is 12.6. The van der Waals surface area contributed by atoms with Crippen molar-refractivity contribution in [3.8, 4) is 0 Å². The zero-order valence-electron chi connectivity index (χ0n) is 36.6. The first kappa shape index (κ1) is 56.8. The van der Waals surface area contributed by atoms with Crippen molar-refractivity contribution in [2.75, 3.05) is 19.8 Å². The number of aliphatic carboxylic acids is 1. The molecule has 0 aliphatic rings. The Balaban J connectivity index is 4.61. The van der Waals surface area contributed by atoms with E-state index in [1.165, 1.54) is 0 Å². The number of carbonyl (C=O) groups is 3. The number of carboxylic acids is 1. The highest BCUT2D eigenvalue weighted by Gasteiger charge is 2.28. The molecule has 13 heteroatoms. The average molecular weight is 872 g/mol. The van der Waals surface area contributed by atoms with E-state index in [-0.39, 0.29) is 18.9 Å². The Morgan fingerprint density at radius 2 is 0.984 bits per heavy atom. The van der Waals surface area contributed by atoms with Crippen LogP contribution in [0.4, 0.5) is 0 Å². The van der Waals surface area contributed by atoms with Gasteiger partial charge in [-0.1, -0.05) is 128 Å². The zero-order chi connectivity index (χ0) is 45.1. The zero-order valence-corrected chi connectivity index (χ0v) is 37.4. The molecule has 0 bridgehead atoms. The van der Waals surface area contributed by atoms with E-state index in [0.717, 1.165) is 70.6 Å². The number of nitrogens with two attached hydrogens (primary N) is 1. The van der Waals surface area contributed by atoms with Gasteiger partial charge in [0.25, 0.3) is 0 Å². The summed E-state index contributed by atoms with van der Waals surface area (Å²) in [6.07, 6.45) is 52.8. The number of hydrogen-bond acceptors (Lipinski definition) is 10. The topological polar surface area (TPSA) is 192 Å². The number of rotatable bonds is 38. The fraction of sp³-hybridized carbons (Fsp3) is 0.521. The second kappa shape index (κ2) is 41.2. The van der Waals surface area contributed by atoms with Crippen LogP contribution < -0.4 is 5.73 Å². The Bertz CT molecular complexity index is 1500. The quantitative estimate of drug-likeness (QED) is 0.0199. The maximum Gasteiger partial charge on any atom is 0.472 e. The van der Waals surface area contributed by atoms with Crippen LogP contribution in [-0.2, 0) is 37.5 Å². The summed E-state index contributed by atoms with van der Waals surface area (Å²) in [6.45, 7) is 2.07. The molecule has 5 N–H and O–H groups in total. The molecular weight excluding hydrogens is 797 g/mol. The number of ether oxygens (including phenoxy) is 2. The number of phosphoric ester groups is 1. The minimum atomic E-state index is -4.77. The van der Waals surface area contributed by atoms with Gasteiger partial charge in [-0.3, -0.25) is 23.4 Å². The van der Waals surface area contributed by atoms with Gasteiger partial charge in [0.05, 0.1) is 19.3 Å². The molecule has 0 saturated carbocycles. The third-order valence-corrected chi connectivity index (χ3v) is 9.18. The number of unbranched alkanes of at least 4 members (excludes halogenated alkanes) is 2. The average Bonchev–Trinajstić information content (AvgIpc) is 3.22. The predicted octanol–water partition coefficient (Wildman–Crippen LogP) is 10.6. The van der Waals surface area contributed by atoms with Gasteiger partial charge in [-0.25, -0.2) is 4.57 Å². The number of carbonyl (C=O) groups excluding carboxylic acids is 2. The van der Waals surface area contributed by atoms with E-state index >= 15 is 0 Å². The molecule has 4 atom stereocenters. The number of phosphoric acid groups is 1. The van der Waals surface area contributed by atoms with E-state index < -0.39 is 57.7 Å². The van der Waals surface area contributed by atoms with Crippen molar-refractivity contribution in [2.24, 2.45) is 5.73 Å². The van der Waals surface area contributed by atoms with Gasteiger partial charge >= 0.3 is 25.7 Å². The molecule has 0 aromatic rings. The fourth-order valence-electron chi connectivity index (χ4n) is 4.86. The van der Waals surface area contributed by atoms with Crippen molar-refractivity contribution in [1.82, 2.24) is 0 Å². The summed E-state index contributed by atoms with van der Waals surface area (Å²) >= 11 is 0. The van der Waals surface area contributed by atoms with Crippen molar-refractivity contribution in [3.63, 3.8) is 0 Å². The first-order chi connectivity index (χ1) is 29.5. The minimum Gasteiger partial charge on any atom is -0.480 e. The van der Waals surface area contributed by atoms with Gasteiger partial charge < -0.3 is 30.3 Å². The van der Waals surface area contributed by atoms with Crippen LogP contribution in [0.2, 0.25) is 0 Å². The Kier molecular flexibility index (Phi) is 38.4. The third kappa shape index (κ3) is 42.3. The lowest BCUT2D eigenvalue weighted by Gasteiger charge is -2.20. The first-order valence-corrected chi connectivity index (χ1v) is 23.1. The summed E-state index contributed by atoms with van der Waals surface area (Å²) in [6, 6.07) is -1.55. The smallest absolute Gasteiger partial charge is 0.472 e. The first-order valence-electron chi connectivity index (χ1n) is 21.6. The van der Waals surface area contributed by atoms with E-state index in [1.807, 2.05) is 30.4 Å². The number of hydrogen-bond donors (Lipinski definition) is 4. The van der Waals surface area contributed by atoms with Crippen LogP contribution >= 0.6 is 7.82 Å². The lowest BCUT2D eigenvalue weighted by Crippen LogP contribution is -2.34. The lowest BCUT2D eigenvalue weighted by atomic mass is 10.1. The van der Waals surface area contributed by atoms with E-state index in [1.54, 1.807) is 6.92 Å². The molecule has 0 radical (unpaired) electrons. The van der Waals surface area contributed by atoms with Crippen molar-refractivity contribution < 1.29 is 52.6 Å². The Morgan fingerprint density at radius 3 is 1.43 bits per heavy atom. The largest absolute Gasteiger partial charge is 0.480 e. The SMILES string of the molecule is CC/C=C\C/C=C\C/C=C\C/C=C\C/C=C\C/C=C\CCC(=O)O[C@H](COC(=O)CCC/C=C\C/C=C\C/C=C\C/C=C\CCC[C@@H](C)O)COP(=O)(O)OC[C@H](N)C(=O)O. The van der Waals surface area contributed by atoms with Crippen molar-refractivity contribution >= 4 is 25.7 Å². The van der Waals surface area contributed by atoms with Crippen LogP contribution in [0.1, 0.15) is 123 Å². The van der Waals surface area contributed by atoms with Crippen molar-refractivity contribution in [1.29, 1.82) is 0 Å². The molecule has 0 saturated heterocycles. The molecule has 0 aliphatic carbocycles. The maximum atomic E-state index is 12.6. The van der Waals surface area contributed by atoms with Gasteiger partial charge in [0, 0.05) is 12.8 Å². The molecular formula is C48H74NO11P. The Morgan fingerprint density at radius 1 is 0.574 bits per heavy atom. The number of aliphatic hydroxyl groups is 1. The van der Waals surface area contributed by atoms with Gasteiger partial charge in [-0.05, 0) is 103 Å². The molecule has 0 spiro atoms. The summed E-state index contributed by atoms with van der Waals surface area (Å²) in [5, 5.41) is 18.2. The standard InChI is InChI=1S/C48H74NO11P/c1-3-4-5-6-7-8-9-10-11-12-13-14-17-21-24-27-30-33-36-39-47(52)60-44(41-58-61(55,56)59-42-45(49)48(53)54)40-57-46(51)38-35-32-29-26-23-20-18-15-16-19-22-25-28-31-34-37-43(2)50/h4-5,7-8,10-11,13-14,16,18-21,24-26,28-30,33,43-45,50H,3,6,9,12,15,17,22-23,27,31-32,34-42,49H2,1-2H3,(H,53,54)(H,55,56)/b5-4-,8-7-,11-10-,14-13-,19-16-,20-18-,24-21-,28-25-,29-26-,33-30-/t43-,44-,45+/m1/s1. The van der Waals surface area contributed by atoms with Crippen LogP contribution in [0.5, 0.6) is 0 Å². The number of esters is 2. The van der Waals surface area contributed by atoms with Gasteiger partial charge in [-0.15, -0.1) is 0 Å².